The van der Waals surface area contributed by atoms with E-state index in [0.717, 1.165) is 6.42 Å². The van der Waals surface area contributed by atoms with Gasteiger partial charge in [-0.2, -0.15) is 0 Å². The number of carbonyl (C=O) groups excluding carboxylic acids is 2. The molecule has 102 valence electrons. The van der Waals surface area contributed by atoms with Gasteiger partial charge in [-0.15, -0.1) is 0 Å². The van der Waals surface area contributed by atoms with E-state index >= 15 is 0 Å². The van der Waals surface area contributed by atoms with Crippen LogP contribution in [0.25, 0.3) is 0 Å². The first-order chi connectivity index (χ1) is 9.11. The molecular weight excluding hydrogens is 246 g/mol. The number of hydrazine groups is 1. The average Bonchev–Trinajstić information content (AvgIpc) is 2.60. The van der Waals surface area contributed by atoms with E-state index < -0.39 is 0 Å². The molecule has 7 nitrogen and oxygen atoms in total. The van der Waals surface area contributed by atoms with Gasteiger partial charge in [0.05, 0.1) is 0 Å². The van der Waals surface area contributed by atoms with Crippen molar-refractivity contribution in [3.8, 4) is 0 Å². The van der Waals surface area contributed by atoms with Gasteiger partial charge in [-0.3, -0.25) is 9.59 Å². The van der Waals surface area contributed by atoms with E-state index in [4.69, 9.17) is 5.84 Å². The lowest BCUT2D eigenvalue weighted by molar-refractivity contribution is -0.129. The van der Waals surface area contributed by atoms with Crippen molar-refractivity contribution in [2.75, 3.05) is 32.1 Å². The highest BCUT2D eigenvalue weighted by atomic mass is 16.2. The van der Waals surface area contributed by atoms with Gasteiger partial charge in [-0.25, -0.2) is 10.8 Å². The summed E-state index contributed by atoms with van der Waals surface area (Å²) in [6.45, 7) is 1.31. The molecule has 0 spiro atoms. The number of likely N-dealkylation sites (N-methyl/N-ethyl adjacent to an activating group) is 1. The van der Waals surface area contributed by atoms with E-state index in [-0.39, 0.29) is 24.1 Å². The van der Waals surface area contributed by atoms with Crippen LogP contribution in [0.1, 0.15) is 16.9 Å². The maximum absolute atomic E-state index is 12.3. The molecule has 0 unspecified atom stereocenters. The highest BCUT2D eigenvalue weighted by molar-refractivity contribution is 5.95. The van der Waals surface area contributed by atoms with Crippen molar-refractivity contribution in [1.82, 2.24) is 14.8 Å². The molecular formula is C12H17N5O2. The Labute approximate surface area is 111 Å². The predicted octanol–water partition coefficient (Wildman–Crippen LogP) is -0.328. The number of pyridine rings is 1. The van der Waals surface area contributed by atoms with Crippen molar-refractivity contribution in [1.29, 1.82) is 0 Å². The molecule has 3 N–H and O–H groups in total. The second-order valence-corrected chi connectivity index (χ2v) is 4.45. The number of anilines is 1. The van der Waals surface area contributed by atoms with E-state index in [1.165, 1.54) is 4.90 Å². The number of nitrogens with zero attached hydrogens (tertiary/aromatic N) is 3. The van der Waals surface area contributed by atoms with Crippen LogP contribution in [0.5, 0.6) is 0 Å². The molecule has 2 rings (SSSR count). The van der Waals surface area contributed by atoms with Crippen LogP contribution in [0.2, 0.25) is 0 Å². The minimum atomic E-state index is -0.249. The fourth-order valence-corrected chi connectivity index (χ4v) is 1.96. The lowest BCUT2D eigenvalue weighted by Gasteiger charge is -2.19. The van der Waals surface area contributed by atoms with Crippen LogP contribution in [-0.4, -0.2) is 53.3 Å². The SMILES string of the molecule is CN1CCCN(C(=O)c2cccc(NN)n2)CC1=O. The number of hydrogen-bond donors (Lipinski definition) is 2. The summed E-state index contributed by atoms with van der Waals surface area (Å²) in [5.41, 5.74) is 2.68. The highest BCUT2D eigenvalue weighted by Gasteiger charge is 2.24. The molecule has 19 heavy (non-hydrogen) atoms. The Balaban J connectivity index is 2.16. The van der Waals surface area contributed by atoms with Gasteiger partial charge in [0.2, 0.25) is 5.91 Å². The number of rotatable bonds is 2. The Hall–Kier alpha value is -2.15. The van der Waals surface area contributed by atoms with Crippen LogP contribution in [0.15, 0.2) is 18.2 Å². The Morgan fingerprint density at radius 3 is 2.95 bits per heavy atom. The summed E-state index contributed by atoms with van der Waals surface area (Å²) in [7, 11) is 1.74. The molecule has 0 aliphatic carbocycles. The normalized spacial score (nSPS) is 16.2. The third kappa shape index (κ3) is 3.00. The number of amides is 2. The van der Waals surface area contributed by atoms with E-state index in [0.29, 0.717) is 18.9 Å². The van der Waals surface area contributed by atoms with Crippen molar-refractivity contribution in [2.45, 2.75) is 6.42 Å². The third-order valence-electron chi connectivity index (χ3n) is 3.08. The van der Waals surface area contributed by atoms with Gasteiger partial charge < -0.3 is 15.2 Å². The van der Waals surface area contributed by atoms with E-state index in [1.807, 2.05) is 0 Å². The summed E-state index contributed by atoms with van der Waals surface area (Å²) in [5, 5.41) is 0. The number of hydrogen-bond acceptors (Lipinski definition) is 5. The van der Waals surface area contributed by atoms with Gasteiger partial charge in [0.1, 0.15) is 18.1 Å². The lowest BCUT2D eigenvalue weighted by Crippen LogP contribution is -2.38. The standard InChI is InChI=1S/C12H17N5O2/c1-16-6-3-7-17(8-11(16)18)12(19)9-4-2-5-10(14-9)15-13/h2,4-5H,3,6-8,13H2,1H3,(H,14,15). The Bertz CT molecular complexity index is 491. The quantitative estimate of drug-likeness (QED) is 0.563. The molecule has 1 aliphatic heterocycles. The summed E-state index contributed by atoms with van der Waals surface area (Å²) < 4.78 is 0. The molecule has 0 radical (unpaired) electrons. The zero-order valence-electron chi connectivity index (χ0n) is 10.8. The summed E-state index contributed by atoms with van der Waals surface area (Å²) in [6.07, 6.45) is 0.767. The molecule has 0 atom stereocenters. The number of aromatic nitrogens is 1. The van der Waals surface area contributed by atoms with Crippen molar-refractivity contribution < 1.29 is 9.59 Å². The van der Waals surface area contributed by atoms with Gasteiger partial charge in [-0.1, -0.05) is 6.07 Å². The second-order valence-electron chi connectivity index (χ2n) is 4.45. The molecule has 0 saturated carbocycles. The molecule has 1 fully saturated rings. The van der Waals surface area contributed by atoms with E-state index in [1.54, 1.807) is 30.1 Å². The van der Waals surface area contributed by atoms with Gasteiger partial charge in [0, 0.05) is 20.1 Å². The van der Waals surface area contributed by atoms with E-state index in [2.05, 4.69) is 10.4 Å². The molecule has 2 heterocycles. The maximum Gasteiger partial charge on any atom is 0.273 e. The molecule has 7 heteroatoms. The Morgan fingerprint density at radius 2 is 2.21 bits per heavy atom. The second kappa shape index (κ2) is 5.66. The molecule has 1 aromatic rings. The fraction of sp³-hybridized carbons (Fsp3) is 0.417. The number of carbonyl (C=O) groups is 2. The minimum absolute atomic E-state index is 0.0565. The number of nitrogen functional groups attached to an aromatic ring is 1. The number of nitrogens with two attached hydrogens (primary N) is 1. The maximum atomic E-state index is 12.3. The molecule has 1 aromatic heterocycles. The first-order valence-corrected chi connectivity index (χ1v) is 6.08. The van der Waals surface area contributed by atoms with Gasteiger partial charge in [0.15, 0.2) is 0 Å². The van der Waals surface area contributed by atoms with Crippen molar-refractivity contribution in [3.63, 3.8) is 0 Å². The smallest absolute Gasteiger partial charge is 0.273 e. The fourth-order valence-electron chi connectivity index (χ4n) is 1.96. The minimum Gasteiger partial charge on any atom is -0.344 e. The summed E-state index contributed by atoms with van der Waals surface area (Å²) >= 11 is 0. The van der Waals surface area contributed by atoms with Crippen molar-refractivity contribution in [3.05, 3.63) is 23.9 Å². The summed E-state index contributed by atoms with van der Waals surface area (Å²) in [4.78, 5) is 31.3. The Morgan fingerprint density at radius 1 is 1.42 bits per heavy atom. The van der Waals surface area contributed by atoms with Crippen LogP contribution < -0.4 is 11.3 Å². The predicted molar refractivity (Wildman–Crippen MR) is 70.2 cm³/mol. The van der Waals surface area contributed by atoms with Crippen molar-refractivity contribution >= 4 is 17.6 Å². The van der Waals surface area contributed by atoms with Gasteiger partial charge in [0.25, 0.3) is 5.91 Å². The highest BCUT2D eigenvalue weighted by Crippen LogP contribution is 2.09. The van der Waals surface area contributed by atoms with Gasteiger partial charge >= 0.3 is 0 Å². The van der Waals surface area contributed by atoms with Crippen molar-refractivity contribution in [2.24, 2.45) is 5.84 Å². The largest absolute Gasteiger partial charge is 0.344 e. The van der Waals surface area contributed by atoms with Crippen LogP contribution in [0, 0.1) is 0 Å². The number of nitrogens with one attached hydrogen (secondary N) is 1. The first kappa shape index (κ1) is 13.3. The molecule has 0 aromatic carbocycles. The van der Waals surface area contributed by atoms with Crippen LogP contribution in [0.3, 0.4) is 0 Å². The molecule has 0 bridgehead atoms. The van der Waals surface area contributed by atoms with Crippen LogP contribution >= 0.6 is 0 Å². The topological polar surface area (TPSA) is 91.6 Å². The molecule has 2 amide bonds. The monoisotopic (exact) mass is 263 g/mol. The van der Waals surface area contributed by atoms with Gasteiger partial charge in [-0.05, 0) is 18.6 Å². The lowest BCUT2D eigenvalue weighted by atomic mass is 10.3. The summed E-state index contributed by atoms with van der Waals surface area (Å²) in [6, 6.07) is 4.97. The molecule has 1 aliphatic rings. The van der Waals surface area contributed by atoms with Crippen LogP contribution in [0.4, 0.5) is 5.82 Å². The van der Waals surface area contributed by atoms with Crippen LogP contribution in [-0.2, 0) is 4.79 Å². The first-order valence-electron chi connectivity index (χ1n) is 6.08. The summed E-state index contributed by atoms with van der Waals surface area (Å²) in [5.74, 6) is 5.38. The average molecular weight is 263 g/mol. The zero-order chi connectivity index (χ0) is 13.8. The van der Waals surface area contributed by atoms with E-state index in [9.17, 15) is 9.59 Å². The Kier molecular flexibility index (Phi) is 3.96. The zero-order valence-corrected chi connectivity index (χ0v) is 10.8. The molecule has 1 saturated heterocycles. The third-order valence-corrected chi connectivity index (χ3v) is 3.08.